The molecule has 2 unspecified atom stereocenters. The maximum atomic E-state index is 11.5. The number of likely N-dealkylation sites (tertiary alicyclic amines) is 2. The molecule has 2 rings (SSSR count). The van der Waals surface area contributed by atoms with E-state index in [-0.39, 0.29) is 11.3 Å². The molecule has 3 nitrogen and oxygen atoms in total. The summed E-state index contributed by atoms with van der Waals surface area (Å²) < 4.78 is 0. The van der Waals surface area contributed by atoms with Gasteiger partial charge in [-0.15, -0.1) is 11.6 Å². The molecule has 0 spiro atoms. The minimum atomic E-state index is 0.0406. The summed E-state index contributed by atoms with van der Waals surface area (Å²) in [5.74, 6) is 0.232. The van der Waals surface area contributed by atoms with Crippen LogP contribution >= 0.6 is 11.6 Å². The summed E-state index contributed by atoms with van der Waals surface area (Å²) in [6, 6.07) is 0.673. The number of hydrogen-bond donors (Lipinski definition) is 0. The van der Waals surface area contributed by atoms with Crippen LogP contribution in [0.4, 0.5) is 0 Å². The van der Waals surface area contributed by atoms with Gasteiger partial charge in [-0.05, 0) is 32.9 Å². The second kappa shape index (κ2) is 4.71. The van der Waals surface area contributed by atoms with Crippen LogP contribution in [0.3, 0.4) is 0 Å². The first kappa shape index (κ1) is 11.2. The minimum Gasteiger partial charge on any atom is -0.341 e. The van der Waals surface area contributed by atoms with E-state index in [9.17, 15) is 4.79 Å². The van der Waals surface area contributed by atoms with E-state index in [0.29, 0.717) is 12.5 Å². The summed E-state index contributed by atoms with van der Waals surface area (Å²) in [5.41, 5.74) is 0. The van der Waals surface area contributed by atoms with Crippen molar-refractivity contribution in [2.24, 2.45) is 0 Å². The average Bonchev–Trinajstić information content (AvgIpc) is 2.70. The number of rotatable bonds is 3. The fourth-order valence-electron chi connectivity index (χ4n) is 2.59. The van der Waals surface area contributed by atoms with Crippen molar-refractivity contribution >= 4 is 17.5 Å². The van der Waals surface area contributed by atoms with Crippen molar-refractivity contribution in [1.29, 1.82) is 0 Å². The first-order chi connectivity index (χ1) is 7.16. The van der Waals surface area contributed by atoms with Gasteiger partial charge >= 0.3 is 0 Å². The number of alkyl halides is 1. The second-order valence-corrected chi connectivity index (χ2v) is 5.32. The zero-order valence-corrected chi connectivity index (χ0v) is 10.0. The molecule has 0 radical (unpaired) electrons. The second-order valence-electron chi connectivity index (χ2n) is 4.71. The van der Waals surface area contributed by atoms with E-state index in [2.05, 4.69) is 11.9 Å². The Morgan fingerprint density at radius 1 is 1.53 bits per heavy atom. The Balaban J connectivity index is 1.76. The lowest BCUT2D eigenvalue weighted by Gasteiger charge is -2.23. The Labute approximate surface area is 96.4 Å². The molecule has 0 aromatic carbocycles. The molecule has 2 fully saturated rings. The van der Waals surface area contributed by atoms with Crippen LogP contribution in [-0.4, -0.2) is 53.8 Å². The quantitative estimate of drug-likeness (QED) is 0.683. The van der Waals surface area contributed by atoms with Crippen LogP contribution in [0.1, 0.15) is 25.7 Å². The third-order valence-electron chi connectivity index (χ3n) is 3.57. The molecule has 0 saturated carbocycles. The Bertz CT molecular complexity index is 247. The van der Waals surface area contributed by atoms with Gasteiger partial charge in [0.1, 0.15) is 0 Å². The zero-order valence-electron chi connectivity index (χ0n) is 9.29. The molecular formula is C11H19ClN2O. The van der Waals surface area contributed by atoms with Crippen LogP contribution in [0.5, 0.6) is 0 Å². The largest absolute Gasteiger partial charge is 0.341 e. The van der Waals surface area contributed by atoms with E-state index in [1.807, 2.05) is 4.90 Å². The molecule has 4 heteroatoms. The van der Waals surface area contributed by atoms with E-state index in [1.165, 1.54) is 19.4 Å². The predicted molar refractivity (Wildman–Crippen MR) is 61.1 cm³/mol. The molecule has 2 aliphatic rings. The molecule has 2 aliphatic heterocycles. The van der Waals surface area contributed by atoms with Crippen LogP contribution < -0.4 is 0 Å². The molecule has 0 aromatic heterocycles. The van der Waals surface area contributed by atoms with Gasteiger partial charge in [0.2, 0.25) is 5.91 Å². The lowest BCUT2D eigenvalue weighted by molar-refractivity contribution is -0.127. The smallest absolute Gasteiger partial charge is 0.224 e. The topological polar surface area (TPSA) is 23.6 Å². The van der Waals surface area contributed by atoms with Crippen LogP contribution in [0.15, 0.2) is 0 Å². The van der Waals surface area contributed by atoms with E-state index in [0.717, 1.165) is 19.5 Å². The maximum Gasteiger partial charge on any atom is 0.224 e. The van der Waals surface area contributed by atoms with Crippen molar-refractivity contribution in [1.82, 2.24) is 9.80 Å². The third-order valence-corrected chi connectivity index (χ3v) is 3.86. The van der Waals surface area contributed by atoms with Crippen molar-refractivity contribution in [3.8, 4) is 0 Å². The van der Waals surface area contributed by atoms with Crippen LogP contribution in [0, 0.1) is 0 Å². The molecule has 1 amide bonds. The van der Waals surface area contributed by atoms with E-state index in [4.69, 9.17) is 11.6 Å². The highest BCUT2D eigenvalue weighted by atomic mass is 35.5. The van der Waals surface area contributed by atoms with Crippen molar-refractivity contribution in [3.05, 3.63) is 0 Å². The van der Waals surface area contributed by atoms with E-state index < -0.39 is 0 Å². The number of carbonyl (C=O) groups is 1. The lowest BCUT2D eigenvalue weighted by Crippen LogP contribution is -2.32. The highest BCUT2D eigenvalue weighted by Crippen LogP contribution is 2.21. The molecule has 2 heterocycles. The minimum absolute atomic E-state index is 0.0406. The predicted octanol–water partition coefficient (Wildman–Crippen LogP) is 1.31. The molecular weight excluding hydrogens is 212 g/mol. The fourth-order valence-corrected chi connectivity index (χ4v) is 2.89. The Morgan fingerprint density at radius 2 is 2.33 bits per heavy atom. The number of amides is 1. The van der Waals surface area contributed by atoms with Crippen molar-refractivity contribution in [3.63, 3.8) is 0 Å². The number of halogens is 1. The average molecular weight is 231 g/mol. The van der Waals surface area contributed by atoms with Crippen LogP contribution in [0.2, 0.25) is 0 Å². The summed E-state index contributed by atoms with van der Waals surface area (Å²) in [4.78, 5) is 15.8. The third kappa shape index (κ3) is 2.64. The normalized spacial score (nSPS) is 32.9. The molecule has 0 aromatic rings. The van der Waals surface area contributed by atoms with E-state index >= 15 is 0 Å². The zero-order chi connectivity index (χ0) is 10.8. The van der Waals surface area contributed by atoms with Gasteiger partial charge in [0.05, 0.1) is 5.38 Å². The first-order valence-electron chi connectivity index (χ1n) is 5.79. The monoisotopic (exact) mass is 230 g/mol. The highest BCUT2D eigenvalue weighted by molar-refractivity contribution is 6.22. The van der Waals surface area contributed by atoms with E-state index in [1.54, 1.807) is 0 Å². The molecule has 2 atom stereocenters. The summed E-state index contributed by atoms with van der Waals surface area (Å²) in [6.07, 6.45) is 4.21. The van der Waals surface area contributed by atoms with Gasteiger partial charge < -0.3 is 9.80 Å². The molecule has 2 saturated heterocycles. The summed E-state index contributed by atoms with van der Waals surface area (Å²) in [5, 5.41) is 0.0406. The molecule has 0 bridgehead atoms. The van der Waals surface area contributed by atoms with Crippen molar-refractivity contribution in [2.75, 3.05) is 26.7 Å². The van der Waals surface area contributed by atoms with Gasteiger partial charge in [-0.25, -0.2) is 0 Å². The number of carbonyl (C=O) groups excluding carboxylic acids is 1. The maximum absolute atomic E-state index is 11.5. The Morgan fingerprint density at radius 3 is 2.87 bits per heavy atom. The van der Waals surface area contributed by atoms with Gasteiger partial charge in [0, 0.05) is 25.6 Å². The summed E-state index contributed by atoms with van der Waals surface area (Å²) >= 11 is 5.95. The molecule has 15 heavy (non-hydrogen) atoms. The Kier molecular flexibility index (Phi) is 3.52. The molecule has 86 valence electrons. The summed E-state index contributed by atoms with van der Waals surface area (Å²) in [7, 11) is 2.17. The van der Waals surface area contributed by atoms with Gasteiger partial charge in [0.25, 0.3) is 0 Å². The van der Waals surface area contributed by atoms with Gasteiger partial charge in [-0.1, -0.05) is 0 Å². The van der Waals surface area contributed by atoms with Crippen molar-refractivity contribution in [2.45, 2.75) is 37.1 Å². The molecule has 0 N–H and O–H groups in total. The molecule has 0 aliphatic carbocycles. The first-order valence-corrected chi connectivity index (χ1v) is 6.22. The lowest BCUT2D eigenvalue weighted by atomic mass is 10.1. The SMILES string of the molecule is CN1CCCC1CCN1CC(Cl)CC1=O. The number of nitrogens with zero attached hydrogens (tertiary/aromatic N) is 2. The van der Waals surface area contributed by atoms with Crippen LogP contribution in [-0.2, 0) is 4.79 Å². The number of hydrogen-bond acceptors (Lipinski definition) is 2. The summed E-state index contributed by atoms with van der Waals surface area (Å²) in [6.45, 7) is 2.84. The van der Waals surface area contributed by atoms with Crippen LogP contribution in [0.25, 0.3) is 0 Å². The van der Waals surface area contributed by atoms with Gasteiger partial charge in [-0.2, -0.15) is 0 Å². The van der Waals surface area contributed by atoms with Gasteiger partial charge in [-0.3, -0.25) is 4.79 Å². The van der Waals surface area contributed by atoms with Crippen molar-refractivity contribution < 1.29 is 4.79 Å². The Hall–Kier alpha value is -0.280. The van der Waals surface area contributed by atoms with Gasteiger partial charge in [0.15, 0.2) is 0 Å². The highest BCUT2D eigenvalue weighted by Gasteiger charge is 2.29. The standard InChI is InChI=1S/C11H19ClN2O/c1-13-5-2-3-10(13)4-6-14-8-9(12)7-11(14)15/h9-10H,2-8H2,1H3. The fraction of sp³-hybridized carbons (Fsp3) is 0.909.